The molecular formula is C49H74O16. The largest absolute Gasteiger partial charge is 0.514 e. The number of ketones is 1. The molecule has 2 bridgehead atoms. The first-order valence-corrected chi connectivity index (χ1v) is 24.7. The standard InChI is InChI=1S/C49H74O16/c1-5-6-7-8-9-10-11-12-13-14-15-16-18-21-36-59-27-31(62-36)28-60-45(56)65-38-30(2)32-24-34-48-29-61-49(44(55)58-4,42(53)37(52)40(48)46(32,3)25-33(38)50)41(48)39(43(54)63-34)64-35(51)26-47(57)22-19-17-20-23-47/h31-32,34,36-37,39-42,52-53,57H,5-29H2,1-4H3/t31?,32-,34+,36?,37+,39?,40-,41+,42-,46-,48+,49?/m0/s1. The highest BCUT2D eigenvalue weighted by Crippen LogP contribution is 2.73. The van der Waals surface area contributed by atoms with Crippen molar-refractivity contribution in [1.82, 2.24) is 0 Å². The molecule has 3 N–H and O–H groups in total. The normalized spacial score (nSPS) is 36.9. The van der Waals surface area contributed by atoms with Crippen LogP contribution in [0.1, 0.15) is 162 Å². The van der Waals surface area contributed by atoms with E-state index >= 15 is 0 Å². The number of carbonyl (C=O) groups is 5. The number of unbranched alkanes of at least 4 members (excludes halogenated alkanes) is 12. The second kappa shape index (κ2) is 21.0. The van der Waals surface area contributed by atoms with Gasteiger partial charge in [0.05, 0.1) is 44.4 Å². The Balaban J connectivity index is 0.960. The van der Waals surface area contributed by atoms with Gasteiger partial charge in [-0.3, -0.25) is 9.59 Å². The van der Waals surface area contributed by atoms with Gasteiger partial charge in [-0.25, -0.2) is 14.4 Å². The highest BCUT2D eigenvalue weighted by atomic mass is 16.8. The third kappa shape index (κ3) is 9.77. The molecule has 7 rings (SSSR count). The van der Waals surface area contributed by atoms with Crippen LogP contribution in [0.25, 0.3) is 0 Å². The number of hydrogen-bond acceptors (Lipinski definition) is 16. The van der Waals surface area contributed by atoms with Crippen molar-refractivity contribution in [2.75, 3.05) is 26.9 Å². The molecule has 65 heavy (non-hydrogen) atoms. The van der Waals surface area contributed by atoms with Crippen molar-refractivity contribution in [3.63, 3.8) is 0 Å². The number of fused-ring (bicyclic) bond motifs is 2. The molecule has 3 saturated heterocycles. The Morgan fingerprint density at radius 2 is 1.52 bits per heavy atom. The summed E-state index contributed by atoms with van der Waals surface area (Å²) >= 11 is 0. The molecule has 0 aromatic heterocycles. The van der Waals surface area contributed by atoms with Crippen LogP contribution in [0.2, 0.25) is 0 Å². The first-order valence-electron chi connectivity index (χ1n) is 24.7. The molecule has 0 radical (unpaired) electrons. The fraction of sp³-hybridized carbons (Fsp3) is 0.857. The lowest BCUT2D eigenvalue weighted by Gasteiger charge is -2.67. The second-order valence-corrected chi connectivity index (χ2v) is 20.5. The summed E-state index contributed by atoms with van der Waals surface area (Å²) in [7, 11) is 1.08. The van der Waals surface area contributed by atoms with Crippen LogP contribution in [0.15, 0.2) is 11.3 Å². The summed E-state index contributed by atoms with van der Waals surface area (Å²) in [4.78, 5) is 68.7. The molecule has 0 amide bonds. The Bertz CT molecular complexity index is 1760. The lowest BCUT2D eigenvalue weighted by atomic mass is 9.38. The molecule has 16 heteroatoms. The molecule has 16 nitrogen and oxygen atoms in total. The molecule has 7 aliphatic rings. The van der Waals surface area contributed by atoms with Gasteiger partial charge >= 0.3 is 24.1 Å². The number of allylic oxidation sites excluding steroid dienone is 2. The van der Waals surface area contributed by atoms with Crippen LogP contribution in [0.4, 0.5) is 4.79 Å². The summed E-state index contributed by atoms with van der Waals surface area (Å²) in [5, 5.41) is 35.3. The number of aliphatic hydroxyl groups excluding tert-OH is 2. The number of rotatable bonds is 21. The van der Waals surface area contributed by atoms with Crippen LogP contribution >= 0.6 is 0 Å². The van der Waals surface area contributed by atoms with Gasteiger partial charge in [0.1, 0.15) is 24.9 Å². The van der Waals surface area contributed by atoms with Gasteiger partial charge in [-0.2, -0.15) is 0 Å². The Kier molecular flexibility index (Phi) is 16.1. The van der Waals surface area contributed by atoms with Gasteiger partial charge in [0.25, 0.3) is 0 Å². The van der Waals surface area contributed by atoms with Crippen LogP contribution in [0.5, 0.6) is 0 Å². The van der Waals surface area contributed by atoms with Gasteiger partial charge < -0.3 is 53.2 Å². The van der Waals surface area contributed by atoms with Crippen molar-refractivity contribution in [3.8, 4) is 0 Å². The zero-order valence-corrected chi connectivity index (χ0v) is 39.0. The molecule has 3 saturated carbocycles. The van der Waals surface area contributed by atoms with Crippen LogP contribution in [-0.4, -0.2) is 120 Å². The molecular weight excluding hydrogens is 845 g/mol. The number of aliphatic hydroxyl groups is 3. The van der Waals surface area contributed by atoms with Crippen LogP contribution in [-0.2, 0) is 57.1 Å². The minimum absolute atomic E-state index is 0.0635. The predicted octanol–water partition coefficient (Wildman–Crippen LogP) is 6.45. The fourth-order valence-electron chi connectivity index (χ4n) is 13.2. The molecule has 4 unspecified atom stereocenters. The summed E-state index contributed by atoms with van der Waals surface area (Å²) < 4.78 is 46.1. The topological polar surface area (TPSA) is 220 Å². The average Bonchev–Trinajstić information content (AvgIpc) is 3.86. The maximum Gasteiger partial charge on any atom is 0.514 e. The lowest BCUT2D eigenvalue weighted by molar-refractivity contribution is -0.290. The molecule has 366 valence electrons. The lowest BCUT2D eigenvalue weighted by Crippen LogP contribution is -2.79. The van der Waals surface area contributed by atoms with Crippen LogP contribution in [0.3, 0.4) is 0 Å². The molecule has 6 fully saturated rings. The SMILES string of the molecule is CCCCCCCCCCCCCCCC1OCC(COC(=O)OC2=C(C)[C@@H]3C[C@H]4OC(=O)C(OC(=O)CC5(O)CCCCC5)[C@H]5C6(C(=O)OC)OC[C@]45[C@@H]([C@@H](O)[C@@H]6O)[C@@]3(C)CC2=O)O1. The quantitative estimate of drug-likeness (QED) is 0.0640. The highest BCUT2D eigenvalue weighted by molar-refractivity contribution is 5.97. The van der Waals surface area contributed by atoms with E-state index in [1.54, 1.807) is 13.8 Å². The van der Waals surface area contributed by atoms with Gasteiger partial charge in [-0.1, -0.05) is 110 Å². The summed E-state index contributed by atoms with van der Waals surface area (Å²) in [6.07, 6.45) is 11.2. The summed E-state index contributed by atoms with van der Waals surface area (Å²) in [6.45, 7) is 5.46. The van der Waals surface area contributed by atoms with E-state index < -0.39 is 107 Å². The first-order chi connectivity index (χ1) is 31.1. The van der Waals surface area contributed by atoms with Gasteiger partial charge in [0.15, 0.2) is 17.8 Å². The van der Waals surface area contributed by atoms with Gasteiger partial charge in [-0.05, 0) is 55.9 Å². The van der Waals surface area contributed by atoms with Crippen molar-refractivity contribution in [1.29, 1.82) is 0 Å². The van der Waals surface area contributed by atoms with Gasteiger partial charge in [-0.15, -0.1) is 0 Å². The maximum absolute atomic E-state index is 14.1. The van der Waals surface area contributed by atoms with Crippen molar-refractivity contribution in [2.24, 2.45) is 28.6 Å². The minimum Gasteiger partial charge on any atom is -0.467 e. The fourth-order valence-corrected chi connectivity index (χ4v) is 13.2. The zero-order chi connectivity index (χ0) is 46.6. The number of hydrogen-bond donors (Lipinski definition) is 3. The average molecular weight is 919 g/mol. The number of esters is 3. The van der Waals surface area contributed by atoms with E-state index in [9.17, 15) is 39.3 Å². The molecule has 3 heterocycles. The Morgan fingerprint density at radius 3 is 2.17 bits per heavy atom. The van der Waals surface area contributed by atoms with Crippen LogP contribution < -0.4 is 0 Å². The van der Waals surface area contributed by atoms with E-state index in [1.807, 2.05) is 0 Å². The van der Waals surface area contributed by atoms with E-state index in [0.29, 0.717) is 18.4 Å². The van der Waals surface area contributed by atoms with Crippen molar-refractivity contribution in [2.45, 2.75) is 210 Å². The number of ether oxygens (including phenoxy) is 8. The highest BCUT2D eigenvalue weighted by Gasteiger charge is 2.85. The van der Waals surface area contributed by atoms with Crippen molar-refractivity contribution >= 4 is 29.8 Å². The monoisotopic (exact) mass is 918 g/mol. The summed E-state index contributed by atoms with van der Waals surface area (Å²) in [5.41, 5.74) is -5.91. The molecule has 4 aliphatic carbocycles. The van der Waals surface area contributed by atoms with Gasteiger partial charge in [0.2, 0.25) is 11.7 Å². The Hall–Kier alpha value is -3.15. The zero-order valence-electron chi connectivity index (χ0n) is 39.0. The minimum atomic E-state index is -2.33. The van der Waals surface area contributed by atoms with Crippen molar-refractivity contribution < 1.29 is 77.2 Å². The van der Waals surface area contributed by atoms with E-state index in [2.05, 4.69) is 6.92 Å². The smallest absolute Gasteiger partial charge is 0.467 e. The molecule has 12 atom stereocenters. The Morgan fingerprint density at radius 1 is 0.877 bits per heavy atom. The number of carbonyl (C=O) groups excluding carboxylic acids is 5. The summed E-state index contributed by atoms with van der Waals surface area (Å²) in [6, 6.07) is 0. The van der Waals surface area contributed by atoms with E-state index in [-0.39, 0.29) is 44.7 Å². The molecule has 0 aromatic rings. The number of Topliss-reactive ketones (excluding diaryl/α,β-unsaturated/α-hetero) is 1. The third-order valence-electron chi connectivity index (χ3n) is 16.3. The van der Waals surface area contributed by atoms with E-state index in [4.69, 9.17) is 37.9 Å². The molecule has 3 aliphatic heterocycles. The molecule has 0 aromatic carbocycles. The van der Waals surface area contributed by atoms with Crippen molar-refractivity contribution in [3.05, 3.63) is 11.3 Å². The predicted molar refractivity (Wildman–Crippen MR) is 230 cm³/mol. The van der Waals surface area contributed by atoms with E-state index in [0.717, 1.165) is 45.6 Å². The van der Waals surface area contributed by atoms with Gasteiger partial charge in [0, 0.05) is 17.8 Å². The second-order valence-electron chi connectivity index (χ2n) is 20.5. The molecule has 1 spiro atoms. The number of methoxy groups -OCH3 is 1. The summed E-state index contributed by atoms with van der Waals surface area (Å²) in [5.74, 6) is -6.80. The third-order valence-corrected chi connectivity index (χ3v) is 16.3. The van der Waals surface area contributed by atoms with Crippen LogP contribution in [0, 0.1) is 28.6 Å². The maximum atomic E-state index is 14.1. The first kappa shape index (κ1) is 49.7. The van der Waals surface area contributed by atoms with E-state index in [1.165, 1.54) is 70.6 Å². The Labute approximate surface area is 383 Å².